The Balaban J connectivity index is 2.34. The molecule has 0 radical (unpaired) electrons. The molecule has 1 heterocycles. The maximum atomic E-state index is 6.06. The lowest BCUT2D eigenvalue weighted by molar-refractivity contribution is 0.182. The van der Waals surface area contributed by atoms with Crippen LogP contribution < -0.4 is 10.1 Å². The molecular weight excluding hydrogens is 222 g/mol. The van der Waals surface area contributed by atoms with E-state index in [1.807, 2.05) is 7.05 Å². The van der Waals surface area contributed by atoms with Gasteiger partial charge in [-0.05, 0) is 36.6 Å². The van der Waals surface area contributed by atoms with Gasteiger partial charge in [0.25, 0.3) is 0 Å². The van der Waals surface area contributed by atoms with E-state index in [1.54, 1.807) is 0 Å². The van der Waals surface area contributed by atoms with E-state index >= 15 is 0 Å². The minimum absolute atomic E-state index is 0.191. The summed E-state index contributed by atoms with van der Waals surface area (Å²) < 4.78 is 6.06. The fourth-order valence-corrected chi connectivity index (χ4v) is 2.65. The Morgan fingerprint density at radius 2 is 2.00 bits per heavy atom. The van der Waals surface area contributed by atoms with Gasteiger partial charge in [0.05, 0.1) is 6.04 Å². The van der Waals surface area contributed by atoms with Crippen LogP contribution in [0.2, 0.25) is 0 Å². The topological polar surface area (TPSA) is 21.3 Å². The third-order valence-corrected chi connectivity index (χ3v) is 3.75. The molecule has 1 aliphatic rings. The summed E-state index contributed by atoms with van der Waals surface area (Å²) in [5.74, 6) is 1.06. The van der Waals surface area contributed by atoms with Crippen LogP contribution >= 0.6 is 0 Å². The van der Waals surface area contributed by atoms with Gasteiger partial charge in [-0.1, -0.05) is 40.2 Å². The van der Waals surface area contributed by atoms with Crippen LogP contribution in [0.25, 0.3) is 0 Å². The van der Waals surface area contributed by atoms with Gasteiger partial charge in [0.1, 0.15) is 11.9 Å². The van der Waals surface area contributed by atoms with Gasteiger partial charge in [0.2, 0.25) is 0 Å². The van der Waals surface area contributed by atoms with Gasteiger partial charge in [-0.15, -0.1) is 0 Å². The molecule has 1 aromatic rings. The lowest BCUT2D eigenvalue weighted by atomic mass is 9.85. The van der Waals surface area contributed by atoms with Gasteiger partial charge in [-0.2, -0.15) is 0 Å². The molecule has 2 unspecified atom stereocenters. The molecule has 0 fully saturated rings. The summed E-state index contributed by atoms with van der Waals surface area (Å²) in [4.78, 5) is 0. The number of rotatable bonds is 3. The van der Waals surface area contributed by atoms with Gasteiger partial charge in [-0.3, -0.25) is 0 Å². The van der Waals surface area contributed by atoms with Crippen LogP contribution in [0.3, 0.4) is 0 Å². The van der Waals surface area contributed by atoms with Gasteiger partial charge in [0.15, 0.2) is 0 Å². The Kier molecular flexibility index (Phi) is 3.67. The smallest absolute Gasteiger partial charge is 0.124 e. The molecule has 0 aromatic heterocycles. The highest BCUT2D eigenvalue weighted by atomic mass is 16.5. The number of likely N-dealkylation sites (N-methyl/N-ethyl adjacent to an activating group) is 1. The highest BCUT2D eigenvalue weighted by molar-refractivity contribution is 5.45. The predicted octanol–water partition coefficient (Wildman–Crippen LogP) is 3.81. The quantitative estimate of drug-likeness (QED) is 0.877. The predicted molar refractivity (Wildman–Crippen MR) is 76.3 cm³/mol. The summed E-state index contributed by atoms with van der Waals surface area (Å²) in [6.07, 6.45) is 2.54. The first-order valence-corrected chi connectivity index (χ1v) is 6.95. The van der Waals surface area contributed by atoms with E-state index in [1.165, 1.54) is 11.1 Å². The second kappa shape index (κ2) is 4.93. The van der Waals surface area contributed by atoms with E-state index in [4.69, 9.17) is 4.74 Å². The summed E-state index contributed by atoms with van der Waals surface area (Å²) in [5.41, 5.74) is 2.89. The first kappa shape index (κ1) is 13.4. The Hall–Kier alpha value is -1.02. The van der Waals surface area contributed by atoms with E-state index in [-0.39, 0.29) is 11.5 Å². The number of nitrogens with one attached hydrogen (secondary N) is 1. The zero-order valence-corrected chi connectivity index (χ0v) is 12.2. The maximum absolute atomic E-state index is 6.06. The Bertz CT molecular complexity index is 420. The van der Waals surface area contributed by atoms with Crippen molar-refractivity contribution in [1.29, 1.82) is 0 Å². The van der Waals surface area contributed by atoms with Gasteiger partial charge < -0.3 is 10.1 Å². The fraction of sp³-hybridized carbons (Fsp3) is 0.625. The first-order chi connectivity index (χ1) is 8.47. The second-order valence-corrected chi connectivity index (χ2v) is 6.21. The van der Waals surface area contributed by atoms with E-state index in [2.05, 4.69) is 51.2 Å². The van der Waals surface area contributed by atoms with E-state index < -0.39 is 0 Å². The van der Waals surface area contributed by atoms with Crippen LogP contribution in [-0.2, 0) is 5.41 Å². The van der Waals surface area contributed by atoms with Crippen molar-refractivity contribution < 1.29 is 4.74 Å². The summed E-state index contributed by atoms with van der Waals surface area (Å²) in [7, 11) is 2.02. The Labute approximate surface area is 111 Å². The van der Waals surface area contributed by atoms with Crippen molar-refractivity contribution in [2.24, 2.45) is 0 Å². The average molecular weight is 247 g/mol. The summed E-state index contributed by atoms with van der Waals surface area (Å²) in [5, 5.41) is 3.41. The molecule has 1 N–H and O–H groups in total. The molecule has 100 valence electrons. The number of benzene rings is 1. The zero-order valence-electron chi connectivity index (χ0n) is 12.2. The zero-order chi connectivity index (χ0) is 13.3. The standard InChI is InChI=1S/C16H25NO/c1-6-7-14-15(17-5)12-10-11(16(2,3)4)8-9-13(12)18-14/h8-10,14-15,17H,6-7H2,1-5H3. The van der Waals surface area contributed by atoms with Crippen LogP contribution in [0, 0.1) is 0 Å². The Morgan fingerprint density at radius 3 is 2.56 bits per heavy atom. The molecule has 2 heteroatoms. The van der Waals surface area contributed by atoms with E-state index in [0.29, 0.717) is 6.04 Å². The van der Waals surface area contributed by atoms with Crippen molar-refractivity contribution in [2.45, 2.75) is 58.1 Å². The normalized spacial score (nSPS) is 22.7. The van der Waals surface area contributed by atoms with Crippen LogP contribution in [0.4, 0.5) is 0 Å². The highest BCUT2D eigenvalue weighted by Gasteiger charge is 2.33. The van der Waals surface area contributed by atoms with Crippen molar-refractivity contribution >= 4 is 0 Å². The van der Waals surface area contributed by atoms with Gasteiger partial charge >= 0.3 is 0 Å². The van der Waals surface area contributed by atoms with Crippen LogP contribution in [-0.4, -0.2) is 13.2 Å². The third kappa shape index (κ3) is 2.39. The number of hydrogen-bond acceptors (Lipinski definition) is 2. The molecule has 0 bridgehead atoms. The van der Waals surface area contributed by atoms with Gasteiger partial charge in [-0.25, -0.2) is 0 Å². The minimum atomic E-state index is 0.191. The van der Waals surface area contributed by atoms with Gasteiger partial charge in [0, 0.05) is 5.56 Å². The van der Waals surface area contributed by atoms with Crippen LogP contribution in [0.5, 0.6) is 5.75 Å². The SMILES string of the molecule is CCCC1Oc2ccc(C(C)(C)C)cc2C1NC. The minimum Gasteiger partial charge on any atom is -0.488 e. The molecular formula is C16H25NO. The molecule has 0 spiro atoms. The molecule has 0 amide bonds. The number of fused-ring (bicyclic) bond motifs is 1. The maximum Gasteiger partial charge on any atom is 0.124 e. The van der Waals surface area contributed by atoms with Crippen molar-refractivity contribution in [2.75, 3.05) is 7.05 Å². The second-order valence-electron chi connectivity index (χ2n) is 6.21. The van der Waals surface area contributed by atoms with Crippen molar-refractivity contribution in [1.82, 2.24) is 5.32 Å². The molecule has 0 saturated carbocycles. The lowest BCUT2D eigenvalue weighted by Crippen LogP contribution is -2.28. The van der Waals surface area contributed by atoms with Crippen LogP contribution in [0.1, 0.15) is 57.7 Å². The lowest BCUT2D eigenvalue weighted by Gasteiger charge is -2.21. The average Bonchev–Trinajstić information content (AvgIpc) is 2.64. The highest BCUT2D eigenvalue weighted by Crippen LogP contribution is 2.40. The molecule has 1 aliphatic heterocycles. The first-order valence-electron chi connectivity index (χ1n) is 6.95. The molecule has 1 aromatic carbocycles. The monoisotopic (exact) mass is 247 g/mol. The van der Waals surface area contributed by atoms with Crippen molar-refractivity contribution in [3.8, 4) is 5.75 Å². The third-order valence-electron chi connectivity index (χ3n) is 3.75. The molecule has 2 rings (SSSR count). The van der Waals surface area contributed by atoms with Crippen molar-refractivity contribution in [3.63, 3.8) is 0 Å². The number of ether oxygens (including phenoxy) is 1. The summed E-state index contributed by atoms with van der Waals surface area (Å²) in [6.45, 7) is 8.97. The Morgan fingerprint density at radius 1 is 1.28 bits per heavy atom. The largest absolute Gasteiger partial charge is 0.488 e. The molecule has 0 saturated heterocycles. The van der Waals surface area contributed by atoms with E-state index in [9.17, 15) is 0 Å². The summed E-state index contributed by atoms with van der Waals surface area (Å²) in [6, 6.07) is 6.98. The van der Waals surface area contributed by atoms with E-state index in [0.717, 1.165) is 18.6 Å². The number of hydrogen-bond donors (Lipinski definition) is 1. The fourth-order valence-electron chi connectivity index (χ4n) is 2.65. The molecule has 0 aliphatic carbocycles. The summed E-state index contributed by atoms with van der Waals surface area (Å²) >= 11 is 0. The molecule has 2 atom stereocenters. The van der Waals surface area contributed by atoms with Crippen molar-refractivity contribution in [3.05, 3.63) is 29.3 Å². The van der Waals surface area contributed by atoms with Crippen LogP contribution in [0.15, 0.2) is 18.2 Å². The molecule has 18 heavy (non-hydrogen) atoms. The molecule has 2 nitrogen and oxygen atoms in total.